The van der Waals surface area contributed by atoms with Crippen molar-refractivity contribution in [1.82, 2.24) is 24.1 Å². The zero-order chi connectivity index (χ0) is 19.0. The van der Waals surface area contributed by atoms with E-state index in [0.717, 1.165) is 0 Å². The molecule has 27 heavy (non-hydrogen) atoms. The van der Waals surface area contributed by atoms with Gasteiger partial charge < -0.3 is 9.88 Å². The van der Waals surface area contributed by atoms with E-state index in [4.69, 9.17) is 0 Å². The highest BCUT2D eigenvalue weighted by atomic mass is 19.1. The number of carbonyl (C=O) groups excluding carboxylic acids is 1. The van der Waals surface area contributed by atoms with Gasteiger partial charge >= 0.3 is 0 Å². The lowest BCUT2D eigenvalue weighted by atomic mass is 10.2. The molecule has 0 radical (unpaired) electrons. The van der Waals surface area contributed by atoms with E-state index in [1.807, 2.05) is 29.1 Å². The fourth-order valence-corrected chi connectivity index (χ4v) is 2.96. The number of aromatic nitrogens is 5. The number of amides is 1. The highest BCUT2D eigenvalue weighted by Gasteiger charge is 2.20. The van der Waals surface area contributed by atoms with E-state index in [1.165, 1.54) is 23.1 Å². The molecule has 4 rings (SSSR count). The lowest BCUT2D eigenvalue weighted by molar-refractivity contribution is 0.102. The number of carbonyl (C=O) groups is 1. The Morgan fingerprint density at radius 2 is 1.81 bits per heavy atom. The second-order valence-corrected chi connectivity index (χ2v) is 6.06. The fraction of sp³-hybridized carbons (Fsp3) is 0.105. The Labute approximate surface area is 154 Å². The molecule has 0 bridgehead atoms. The number of anilines is 1. The summed E-state index contributed by atoms with van der Waals surface area (Å²) in [5, 5.41) is 11.2. The Bertz CT molecular complexity index is 1110. The smallest absolute Gasteiger partial charge is 0.261 e. The van der Waals surface area contributed by atoms with Gasteiger partial charge in [-0.05, 0) is 31.2 Å². The number of hydrogen-bond donors (Lipinski definition) is 1. The number of rotatable bonds is 4. The van der Waals surface area contributed by atoms with Crippen LogP contribution in [0.1, 0.15) is 16.1 Å². The van der Waals surface area contributed by atoms with Gasteiger partial charge in [-0.15, -0.1) is 0 Å². The van der Waals surface area contributed by atoms with Gasteiger partial charge in [0.05, 0.1) is 23.8 Å². The predicted octanol–water partition coefficient (Wildman–Crippen LogP) is 3.10. The van der Waals surface area contributed by atoms with Gasteiger partial charge in [-0.1, -0.05) is 12.1 Å². The summed E-state index contributed by atoms with van der Waals surface area (Å²) in [6.07, 6.45) is 6.71. The summed E-state index contributed by atoms with van der Waals surface area (Å²) < 4.78 is 18.9. The van der Waals surface area contributed by atoms with Crippen LogP contribution in [-0.2, 0) is 7.05 Å². The van der Waals surface area contributed by atoms with E-state index in [-0.39, 0.29) is 11.7 Å². The maximum atomic E-state index is 14.0. The topological polar surface area (TPSA) is 69.7 Å². The maximum absolute atomic E-state index is 14.0. The Balaban J connectivity index is 1.65. The summed E-state index contributed by atoms with van der Waals surface area (Å²) in [6, 6.07) is 10.1. The van der Waals surface area contributed by atoms with Crippen LogP contribution in [0.15, 0.2) is 61.2 Å². The minimum absolute atomic E-state index is 0.317. The van der Waals surface area contributed by atoms with Crippen molar-refractivity contribution < 1.29 is 9.18 Å². The first-order valence-electron chi connectivity index (χ1n) is 8.32. The van der Waals surface area contributed by atoms with Crippen LogP contribution in [0.2, 0.25) is 0 Å². The predicted molar refractivity (Wildman–Crippen MR) is 98.7 cm³/mol. The maximum Gasteiger partial charge on any atom is 0.261 e. The standard InChI is InChI=1S/C19H17FN6O/c1-13-16(12-22-26(13)17-8-4-3-7-15(17)20)23-18(27)14-11-21-24(2)19(14)25-9-5-6-10-25/h3-12H,1-2H3,(H,23,27). The van der Waals surface area contributed by atoms with Gasteiger partial charge in [-0.25, -0.2) is 9.07 Å². The molecule has 136 valence electrons. The molecule has 8 heteroatoms. The molecule has 0 aliphatic rings. The molecule has 1 aromatic carbocycles. The average Bonchev–Trinajstić information content (AvgIpc) is 3.37. The summed E-state index contributed by atoms with van der Waals surface area (Å²) >= 11 is 0. The Hall–Kier alpha value is -3.68. The van der Waals surface area contributed by atoms with Crippen LogP contribution in [0.5, 0.6) is 0 Å². The average molecular weight is 364 g/mol. The highest BCUT2D eigenvalue weighted by molar-refractivity contribution is 6.06. The van der Waals surface area contributed by atoms with E-state index in [9.17, 15) is 9.18 Å². The molecule has 0 saturated carbocycles. The zero-order valence-electron chi connectivity index (χ0n) is 14.8. The van der Waals surface area contributed by atoms with Crippen molar-refractivity contribution in [3.05, 3.63) is 78.3 Å². The van der Waals surface area contributed by atoms with Crippen molar-refractivity contribution >= 4 is 11.6 Å². The van der Waals surface area contributed by atoms with Crippen LogP contribution in [0.3, 0.4) is 0 Å². The summed E-state index contributed by atoms with van der Waals surface area (Å²) in [5.74, 6) is -0.0524. The first-order chi connectivity index (χ1) is 13.1. The molecule has 0 aliphatic carbocycles. The summed E-state index contributed by atoms with van der Waals surface area (Å²) in [7, 11) is 1.77. The first-order valence-corrected chi connectivity index (χ1v) is 8.32. The van der Waals surface area contributed by atoms with Crippen LogP contribution in [0.25, 0.3) is 11.5 Å². The molecule has 4 aromatic rings. The van der Waals surface area contributed by atoms with Gasteiger partial charge in [-0.2, -0.15) is 10.2 Å². The van der Waals surface area contributed by atoms with Crippen molar-refractivity contribution in [1.29, 1.82) is 0 Å². The lowest BCUT2D eigenvalue weighted by Crippen LogP contribution is -2.15. The minimum atomic E-state index is -0.385. The number of hydrogen-bond acceptors (Lipinski definition) is 3. The Morgan fingerprint density at radius 1 is 1.07 bits per heavy atom. The van der Waals surface area contributed by atoms with E-state index in [0.29, 0.717) is 28.5 Å². The SMILES string of the molecule is Cc1c(NC(=O)c2cnn(C)c2-n2cccc2)cnn1-c1ccccc1F. The van der Waals surface area contributed by atoms with Gasteiger partial charge in [0.15, 0.2) is 0 Å². The molecule has 0 aliphatic heterocycles. The van der Waals surface area contributed by atoms with Crippen LogP contribution in [0, 0.1) is 12.7 Å². The van der Waals surface area contributed by atoms with Gasteiger partial charge in [-0.3, -0.25) is 9.48 Å². The van der Waals surface area contributed by atoms with Crippen molar-refractivity contribution in [2.24, 2.45) is 7.05 Å². The third-order valence-corrected chi connectivity index (χ3v) is 4.34. The van der Waals surface area contributed by atoms with Gasteiger partial charge in [0, 0.05) is 19.4 Å². The molecule has 0 spiro atoms. The molecule has 3 heterocycles. The molecular weight excluding hydrogens is 347 g/mol. The van der Waals surface area contributed by atoms with E-state index < -0.39 is 0 Å². The van der Waals surface area contributed by atoms with Gasteiger partial charge in [0.2, 0.25) is 0 Å². The zero-order valence-corrected chi connectivity index (χ0v) is 14.8. The van der Waals surface area contributed by atoms with Gasteiger partial charge in [0.25, 0.3) is 5.91 Å². The molecule has 3 aromatic heterocycles. The molecule has 0 fully saturated rings. The lowest BCUT2D eigenvalue weighted by Gasteiger charge is -2.09. The third-order valence-electron chi connectivity index (χ3n) is 4.34. The van der Waals surface area contributed by atoms with E-state index in [2.05, 4.69) is 15.5 Å². The molecule has 7 nitrogen and oxygen atoms in total. The van der Waals surface area contributed by atoms with Crippen molar-refractivity contribution in [2.45, 2.75) is 6.92 Å². The normalized spacial score (nSPS) is 10.9. The number of halogens is 1. The molecule has 1 amide bonds. The largest absolute Gasteiger partial charge is 0.319 e. The quantitative estimate of drug-likeness (QED) is 0.605. The van der Waals surface area contributed by atoms with Gasteiger partial charge in [0.1, 0.15) is 22.9 Å². The number of aryl methyl sites for hydroxylation is 1. The molecule has 0 atom stereocenters. The number of nitrogens with one attached hydrogen (secondary N) is 1. The summed E-state index contributed by atoms with van der Waals surface area (Å²) in [4.78, 5) is 12.8. The number of para-hydroxylation sites is 1. The minimum Gasteiger partial charge on any atom is -0.319 e. The summed E-state index contributed by atoms with van der Waals surface area (Å²) in [5.41, 5.74) is 1.88. The van der Waals surface area contributed by atoms with E-state index >= 15 is 0 Å². The van der Waals surface area contributed by atoms with E-state index in [1.54, 1.807) is 36.9 Å². The molecule has 1 N–H and O–H groups in total. The number of nitrogens with zero attached hydrogens (tertiary/aromatic N) is 5. The van der Waals surface area contributed by atoms with Crippen molar-refractivity contribution in [2.75, 3.05) is 5.32 Å². The van der Waals surface area contributed by atoms with Crippen molar-refractivity contribution in [3.8, 4) is 11.5 Å². The Kier molecular flexibility index (Phi) is 4.08. The fourth-order valence-electron chi connectivity index (χ4n) is 2.96. The first kappa shape index (κ1) is 16.8. The second kappa shape index (κ2) is 6.56. The van der Waals surface area contributed by atoms with Crippen LogP contribution < -0.4 is 5.32 Å². The molecular formula is C19H17FN6O. The van der Waals surface area contributed by atoms with Crippen molar-refractivity contribution in [3.63, 3.8) is 0 Å². The molecule has 0 unspecified atom stereocenters. The van der Waals surface area contributed by atoms with Crippen LogP contribution in [0.4, 0.5) is 10.1 Å². The number of benzene rings is 1. The Morgan fingerprint density at radius 3 is 2.56 bits per heavy atom. The highest BCUT2D eigenvalue weighted by Crippen LogP contribution is 2.22. The monoisotopic (exact) mass is 364 g/mol. The second-order valence-electron chi connectivity index (χ2n) is 6.06. The van der Waals surface area contributed by atoms with Crippen LogP contribution in [-0.4, -0.2) is 30.0 Å². The molecule has 0 saturated heterocycles. The van der Waals surface area contributed by atoms with Crippen LogP contribution >= 0.6 is 0 Å². The third kappa shape index (κ3) is 2.91. The summed E-state index contributed by atoms with van der Waals surface area (Å²) in [6.45, 7) is 1.77.